The summed E-state index contributed by atoms with van der Waals surface area (Å²) < 4.78 is 0. The van der Waals surface area contributed by atoms with Gasteiger partial charge in [-0.2, -0.15) is 5.26 Å². The van der Waals surface area contributed by atoms with E-state index in [4.69, 9.17) is 5.26 Å². The maximum Gasteiger partial charge on any atom is 0.114 e. The first-order valence-corrected chi connectivity index (χ1v) is 4.77. The zero-order chi connectivity index (χ0) is 8.97. The molecule has 0 spiro atoms. The third kappa shape index (κ3) is 1.99. The summed E-state index contributed by atoms with van der Waals surface area (Å²) >= 11 is 1.61. The van der Waals surface area contributed by atoms with Crippen molar-refractivity contribution in [1.82, 2.24) is 4.98 Å². The molecule has 12 heavy (non-hydrogen) atoms. The summed E-state index contributed by atoms with van der Waals surface area (Å²) in [6, 6.07) is 5.80. The minimum Gasteiger partial charge on any atom is -0.245 e. The molecule has 0 amide bonds. The molecule has 0 unspecified atom stereocenters. The van der Waals surface area contributed by atoms with Gasteiger partial charge < -0.3 is 0 Å². The lowest BCUT2D eigenvalue weighted by molar-refractivity contribution is 1.05. The highest BCUT2D eigenvalue weighted by Gasteiger charge is 2.02. The smallest absolute Gasteiger partial charge is 0.114 e. The van der Waals surface area contributed by atoms with E-state index in [0.717, 1.165) is 16.5 Å². The third-order valence-corrected chi connectivity index (χ3v) is 2.27. The van der Waals surface area contributed by atoms with Gasteiger partial charge in [-0.15, -0.1) is 11.8 Å². The van der Waals surface area contributed by atoms with Crippen molar-refractivity contribution in [2.24, 2.45) is 0 Å². The Hall–Kier alpha value is -1.01. The molecule has 2 nitrogen and oxygen atoms in total. The lowest BCUT2D eigenvalue weighted by Gasteiger charge is -2.00. The molecule has 3 heteroatoms. The van der Waals surface area contributed by atoms with Crippen molar-refractivity contribution < 1.29 is 0 Å². The Kier molecular flexibility index (Phi) is 3.12. The maximum atomic E-state index is 8.73. The topological polar surface area (TPSA) is 36.7 Å². The molecule has 0 fully saturated rings. The van der Waals surface area contributed by atoms with Gasteiger partial charge in [-0.25, -0.2) is 4.98 Å². The van der Waals surface area contributed by atoms with E-state index in [1.165, 1.54) is 0 Å². The Morgan fingerprint density at radius 3 is 2.92 bits per heavy atom. The number of hydrogen-bond acceptors (Lipinski definition) is 3. The third-order valence-electron chi connectivity index (χ3n) is 1.40. The molecule has 0 saturated carbocycles. The molecular weight excluding hydrogens is 168 g/mol. The van der Waals surface area contributed by atoms with Crippen LogP contribution in [0.15, 0.2) is 17.2 Å². The van der Waals surface area contributed by atoms with Crippen molar-refractivity contribution in [3.63, 3.8) is 0 Å². The number of pyridine rings is 1. The van der Waals surface area contributed by atoms with Crippen molar-refractivity contribution in [1.29, 1.82) is 5.26 Å². The lowest BCUT2D eigenvalue weighted by Crippen LogP contribution is -1.89. The Morgan fingerprint density at radius 2 is 2.33 bits per heavy atom. The minimum absolute atomic E-state index is 0.674. The first-order chi connectivity index (χ1) is 5.77. The quantitative estimate of drug-likeness (QED) is 0.652. The lowest BCUT2D eigenvalue weighted by atomic mass is 10.3. The van der Waals surface area contributed by atoms with Crippen LogP contribution in [-0.4, -0.2) is 10.7 Å². The predicted octanol–water partition coefficient (Wildman–Crippen LogP) is 2.37. The van der Waals surface area contributed by atoms with Crippen molar-refractivity contribution >= 4 is 11.8 Å². The Labute approximate surface area is 76.6 Å². The molecule has 0 bridgehead atoms. The van der Waals surface area contributed by atoms with E-state index < -0.39 is 0 Å². The van der Waals surface area contributed by atoms with Crippen LogP contribution in [0.3, 0.4) is 0 Å². The molecule has 1 heterocycles. The van der Waals surface area contributed by atoms with Gasteiger partial charge >= 0.3 is 0 Å². The van der Waals surface area contributed by atoms with E-state index in [0.29, 0.717) is 5.56 Å². The molecule has 0 saturated heterocycles. The van der Waals surface area contributed by atoms with Gasteiger partial charge in [0.25, 0.3) is 0 Å². The van der Waals surface area contributed by atoms with Crippen LogP contribution in [0, 0.1) is 18.3 Å². The van der Waals surface area contributed by atoms with Gasteiger partial charge in [0.2, 0.25) is 0 Å². The van der Waals surface area contributed by atoms with Crippen LogP contribution >= 0.6 is 11.8 Å². The zero-order valence-electron chi connectivity index (χ0n) is 7.16. The van der Waals surface area contributed by atoms with E-state index in [9.17, 15) is 0 Å². The SMILES string of the molecule is CCSc1nc(C)ccc1C#N. The maximum absolute atomic E-state index is 8.73. The predicted molar refractivity (Wildman–Crippen MR) is 50.1 cm³/mol. The van der Waals surface area contributed by atoms with Crippen LogP contribution in [-0.2, 0) is 0 Å². The van der Waals surface area contributed by atoms with Crippen LogP contribution in [0.1, 0.15) is 18.2 Å². The number of aromatic nitrogens is 1. The molecule has 1 rings (SSSR count). The van der Waals surface area contributed by atoms with Crippen LogP contribution in [0.5, 0.6) is 0 Å². The minimum atomic E-state index is 0.674. The van der Waals surface area contributed by atoms with E-state index in [-0.39, 0.29) is 0 Å². The molecule has 0 aliphatic carbocycles. The average molecular weight is 178 g/mol. The van der Waals surface area contributed by atoms with Crippen LogP contribution in [0.4, 0.5) is 0 Å². The highest BCUT2D eigenvalue weighted by atomic mass is 32.2. The summed E-state index contributed by atoms with van der Waals surface area (Å²) in [6.45, 7) is 3.98. The number of nitrogens with zero attached hydrogens (tertiary/aromatic N) is 2. The summed E-state index contributed by atoms with van der Waals surface area (Å²) in [7, 11) is 0. The van der Waals surface area contributed by atoms with Gasteiger partial charge in [0.05, 0.1) is 5.56 Å². The molecular formula is C9H10N2S. The van der Waals surface area contributed by atoms with Crippen molar-refractivity contribution in [2.75, 3.05) is 5.75 Å². The highest BCUT2D eigenvalue weighted by Crippen LogP contribution is 2.19. The van der Waals surface area contributed by atoms with E-state index in [1.807, 2.05) is 19.1 Å². The Bertz CT molecular complexity index is 315. The monoisotopic (exact) mass is 178 g/mol. The summed E-state index contributed by atoms with van der Waals surface area (Å²) in [6.07, 6.45) is 0. The van der Waals surface area contributed by atoms with Crippen LogP contribution in [0.2, 0.25) is 0 Å². The van der Waals surface area contributed by atoms with Crippen LogP contribution in [0.25, 0.3) is 0 Å². The van der Waals surface area contributed by atoms with E-state index >= 15 is 0 Å². The molecule has 0 aromatic carbocycles. The van der Waals surface area contributed by atoms with Gasteiger partial charge in [0.1, 0.15) is 11.1 Å². The molecule has 1 aromatic rings. The largest absolute Gasteiger partial charge is 0.245 e. The van der Waals surface area contributed by atoms with Crippen LogP contribution < -0.4 is 0 Å². The fourth-order valence-electron chi connectivity index (χ4n) is 0.865. The molecule has 0 atom stereocenters. The van der Waals surface area contributed by atoms with Gasteiger partial charge in [0.15, 0.2) is 0 Å². The molecule has 0 radical (unpaired) electrons. The van der Waals surface area contributed by atoms with Crippen molar-refractivity contribution in [2.45, 2.75) is 18.9 Å². The molecule has 0 aliphatic rings. The normalized spacial score (nSPS) is 9.42. The second-order valence-corrected chi connectivity index (χ2v) is 3.60. The van der Waals surface area contributed by atoms with Crippen molar-refractivity contribution in [3.8, 4) is 6.07 Å². The number of rotatable bonds is 2. The summed E-state index contributed by atoms with van der Waals surface area (Å²) in [5.41, 5.74) is 1.64. The van der Waals surface area contributed by atoms with Gasteiger partial charge in [-0.05, 0) is 24.8 Å². The van der Waals surface area contributed by atoms with E-state index in [2.05, 4.69) is 18.0 Å². The Balaban J connectivity index is 3.06. The summed E-state index contributed by atoms with van der Waals surface area (Å²) in [5.74, 6) is 0.950. The van der Waals surface area contributed by atoms with Gasteiger partial charge in [-0.1, -0.05) is 6.92 Å². The fraction of sp³-hybridized carbons (Fsp3) is 0.333. The summed E-state index contributed by atoms with van der Waals surface area (Å²) in [4.78, 5) is 4.27. The van der Waals surface area contributed by atoms with Gasteiger partial charge in [0, 0.05) is 5.69 Å². The molecule has 62 valence electrons. The van der Waals surface area contributed by atoms with Gasteiger partial charge in [-0.3, -0.25) is 0 Å². The number of hydrogen-bond donors (Lipinski definition) is 0. The molecule has 0 N–H and O–H groups in total. The first kappa shape index (κ1) is 9.08. The second-order valence-electron chi connectivity index (χ2n) is 2.35. The molecule has 1 aromatic heterocycles. The standard InChI is InChI=1S/C9H10N2S/c1-3-12-9-8(6-10)5-4-7(2)11-9/h4-5H,3H2,1-2H3. The highest BCUT2D eigenvalue weighted by molar-refractivity contribution is 7.99. The number of thioether (sulfide) groups is 1. The average Bonchev–Trinajstić information content (AvgIpc) is 2.05. The summed E-state index contributed by atoms with van der Waals surface area (Å²) in [5, 5.41) is 9.58. The van der Waals surface area contributed by atoms with E-state index in [1.54, 1.807) is 11.8 Å². The molecule has 0 aliphatic heterocycles. The zero-order valence-corrected chi connectivity index (χ0v) is 7.98. The second kappa shape index (κ2) is 4.13. The number of nitriles is 1. The first-order valence-electron chi connectivity index (χ1n) is 3.78. The van der Waals surface area contributed by atoms with Crippen molar-refractivity contribution in [3.05, 3.63) is 23.4 Å². The Morgan fingerprint density at radius 1 is 1.58 bits per heavy atom. The fourth-order valence-corrected chi connectivity index (χ4v) is 1.62. The number of aryl methyl sites for hydroxylation is 1.